The van der Waals surface area contributed by atoms with Gasteiger partial charge in [-0.1, -0.05) is 54.8 Å². The van der Waals surface area contributed by atoms with E-state index >= 15 is 0 Å². The summed E-state index contributed by atoms with van der Waals surface area (Å²) in [6.45, 7) is 3.85. The Morgan fingerprint density at radius 2 is 1.79 bits per heavy atom. The Balaban J connectivity index is 1.44. The minimum atomic E-state index is -0.0995. The Kier molecular flexibility index (Phi) is 6.16. The molecule has 0 spiro atoms. The van der Waals surface area contributed by atoms with Gasteiger partial charge in [0.15, 0.2) is 5.82 Å². The molecule has 1 aliphatic carbocycles. The first-order valence-electron chi connectivity index (χ1n) is 12.2. The highest BCUT2D eigenvalue weighted by Gasteiger charge is 2.30. The molecule has 2 aliphatic rings. The quantitative estimate of drug-likeness (QED) is 0.645. The molecule has 33 heavy (non-hydrogen) atoms. The topological polar surface area (TPSA) is 67.2 Å². The molecule has 1 aromatic heterocycles. The van der Waals surface area contributed by atoms with E-state index in [2.05, 4.69) is 36.5 Å². The molecular formula is C27H32N4O2. The van der Waals surface area contributed by atoms with E-state index in [0.29, 0.717) is 24.9 Å². The van der Waals surface area contributed by atoms with Gasteiger partial charge in [-0.15, -0.1) is 0 Å². The lowest BCUT2D eigenvalue weighted by Crippen LogP contribution is -2.47. The average molecular weight is 445 g/mol. The lowest BCUT2D eigenvalue weighted by molar-refractivity contribution is -0.125. The van der Waals surface area contributed by atoms with Gasteiger partial charge in [-0.2, -0.15) is 0 Å². The molecule has 2 aromatic carbocycles. The van der Waals surface area contributed by atoms with Crippen molar-refractivity contribution < 1.29 is 4.79 Å². The van der Waals surface area contributed by atoms with Crippen LogP contribution in [0.5, 0.6) is 0 Å². The zero-order valence-electron chi connectivity index (χ0n) is 19.3. The van der Waals surface area contributed by atoms with Crippen LogP contribution in [-0.2, 0) is 11.3 Å². The summed E-state index contributed by atoms with van der Waals surface area (Å²) < 4.78 is 1.82. The van der Waals surface area contributed by atoms with Crippen molar-refractivity contribution in [2.45, 2.75) is 58.0 Å². The van der Waals surface area contributed by atoms with Crippen LogP contribution >= 0.6 is 0 Å². The molecule has 172 valence electrons. The number of carbonyl (C=O) groups is 1. The smallest absolute Gasteiger partial charge is 0.294 e. The minimum Gasteiger partial charge on any atom is -0.353 e. The van der Waals surface area contributed by atoms with Crippen LogP contribution in [0.1, 0.15) is 49.7 Å². The molecule has 2 fully saturated rings. The van der Waals surface area contributed by atoms with Gasteiger partial charge >= 0.3 is 0 Å². The minimum absolute atomic E-state index is 0.0915. The summed E-state index contributed by atoms with van der Waals surface area (Å²) in [7, 11) is 0. The van der Waals surface area contributed by atoms with E-state index in [1.807, 2.05) is 33.7 Å². The number of hydrogen-bond acceptors (Lipinski definition) is 4. The number of nitrogens with one attached hydrogen (secondary N) is 1. The molecule has 1 saturated heterocycles. The van der Waals surface area contributed by atoms with Gasteiger partial charge in [0.25, 0.3) is 5.56 Å². The Bertz CT molecular complexity index is 1190. The summed E-state index contributed by atoms with van der Waals surface area (Å²) in [5.41, 5.74) is 3.82. The molecule has 0 unspecified atom stereocenters. The molecule has 1 atom stereocenters. The molecule has 1 aliphatic heterocycles. The third-order valence-corrected chi connectivity index (χ3v) is 7.09. The van der Waals surface area contributed by atoms with Crippen molar-refractivity contribution >= 4 is 22.8 Å². The van der Waals surface area contributed by atoms with E-state index in [1.165, 1.54) is 18.4 Å². The molecule has 0 bridgehead atoms. The lowest BCUT2D eigenvalue weighted by atomic mass is 9.96. The summed E-state index contributed by atoms with van der Waals surface area (Å²) in [6.07, 6.45) is 6.30. The summed E-state index contributed by atoms with van der Waals surface area (Å²) >= 11 is 0. The molecule has 2 heterocycles. The van der Waals surface area contributed by atoms with Gasteiger partial charge in [-0.3, -0.25) is 14.2 Å². The fraction of sp³-hybridized carbons (Fsp3) is 0.444. The molecule has 1 N–H and O–H groups in total. The summed E-state index contributed by atoms with van der Waals surface area (Å²) in [5, 5.41) is 3.24. The van der Waals surface area contributed by atoms with Crippen LogP contribution in [0.25, 0.3) is 11.0 Å². The van der Waals surface area contributed by atoms with Crippen LogP contribution in [0.4, 0.5) is 5.82 Å². The second kappa shape index (κ2) is 9.38. The van der Waals surface area contributed by atoms with Crippen LogP contribution in [0.3, 0.4) is 0 Å². The van der Waals surface area contributed by atoms with Crippen molar-refractivity contribution in [2.24, 2.45) is 5.92 Å². The van der Waals surface area contributed by atoms with Crippen molar-refractivity contribution in [3.8, 4) is 0 Å². The third kappa shape index (κ3) is 4.65. The van der Waals surface area contributed by atoms with Crippen molar-refractivity contribution in [3.63, 3.8) is 0 Å². The summed E-state index contributed by atoms with van der Waals surface area (Å²) in [4.78, 5) is 33.4. The van der Waals surface area contributed by atoms with Gasteiger partial charge in [0, 0.05) is 19.1 Å². The first kappa shape index (κ1) is 21.7. The van der Waals surface area contributed by atoms with Crippen LogP contribution < -0.4 is 15.8 Å². The number of amides is 1. The number of carbonyl (C=O) groups excluding carboxylic acids is 1. The van der Waals surface area contributed by atoms with Crippen molar-refractivity contribution in [1.82, 2.24) is 14.9 Å². The van der Waals surface area contributed by atoms with E-state index < -0.39 is 0 Å². The number of aryl methyl sites for hydroxylation is 1. The van der Waals surface area contributed by atoms with Gasteiger partial charge < -0.3 is 10.2 Å². The fourth-order valence-corrected chi connectivity index (χ4v) is 5.19. The van der Waals surface area contributed by atoms with E-state index in [1.54, 1.807) is 0 Å². The molecule has 6 nitrogen and oxygen atoms in total. The first-order valence-corrected chi connectivity index (χ1v) is 12.2. The van der Waals surface area contributed by atoms with E-state index in [4.69, 9.17) is 4.98 Å². The molecular weight excluding hydrogens is 412 g/mol. The summed E-state index contributed by atoms with van der Waals surface area (Å²) in [5.74, 6) is 0.490. The average Bonchev–Trinajstić information content (AvgIpc) is 3.35. The Hall–Kier alpha value is -3.15. The van der Waals surface area contributed by atoms with Crippen LogP contribution in [0, 0.1) is 12.8 Å². The molecule has 5 rings (SSSR count). The number of benzene rings is 2. The Labute approximate surface area is 194 Å². The predicted octanol–water partition coefficient (Wildman–Crippen LogP) is 4.03. The van der Waals surface area contributed by atoms with Gasteiger partial charge in [0.05, 0.1) is 23.5 Å². The third-order valence-electron chi connectivity index (χ3n) is 7.09. The van der Waals surface area contributed by atoms with Crippen LogP contribution in [0.2, 0.25) is 0 Å². The van der Waals surface area contributed by atoms with Crippen molar-refractivity contribution in [1.29, 1.82) is 0 Å². The maximum absolute atomic E-state index is 13.7. The number of hydrogen-bond donors (Lipinski definition) is 1. The lowest BCUT2D eigenvalue weighted by Gasteiger charge is -2.33. The second-order valence-electron chi connectivity index (χ2n) is 9.58. The fourth-order valence-electron chi connectivity index (χ4n) is 5.19. The van der Waals surface area contributed by atoms with E-state index in [9.17, 15) is 9.59 Å². The molecule has 1 saturated carbocycles. The molecule has 1 amide bonds. The number of rotatable bonds is 5. The zero-order valence-corrected chi connectivity index (χ0v) is 19.3. The maximum atomic E-state index is 13.7. The SMILES string of the molecule is Cc1ccc(Cn2c(=O)c(N3CCC[C@@H](C(=O)NC4CCCC4)C3)nc3ccccc32)cc1. The van der Waals surface area contributed by atoms with E-state index in [0.717, 1.165) is 48.8 Å². The van der Waals surface area contributed by atoms with Crippen LogP contribution in [0.15, 0.2) is 53.3 Å². The number of anilines is 1. The monoisotopic (exact) mass is 444 g/mol. The first-order chi connectivity index (χ1) is 16.1. The largest absolute Gasteiger partial charge is 0.353 e. The maximum Gasteiger partial charge on any atom is 0.294 e. The normalized spacial score (nSPS) is 19.2. The van der Waals surface area contributed by atoms with Gasteiger partial charge in [-0.25, -0.2) is 4.98 Å². The van der Waals surface area contributed by atoms with E-state index in [-0.39, 0.29) is 17.4 Å². The van der Waals surface area contributed by atoms with Crippen molar-refractivity contribution in [3.05, 3.63) is 70.0 Å². The number of nitrogens with zero attached hydrogens (tertiary/aromatic N) is 3. The Morgan fingerprint density at radius 1 is 1.03 bits per heavy atom. The second-order valence-corrected chi connectivity index (χ2v) is 9.58. The highest BCUT2D eigenvalue weighted by Crippen LogP contribution is 2.24. The zero-order chi connectivity index (χ0) is 22.8. The van der Waals surface area contributed by atoms with Gasteiger partial charge in [0.1, 0.15) is 0 Å². The Morgan fingerprint density at radius 3 is 2.58 bits per heavy atom. The number of piperidine rings is 1. The highest BCUT2D eigenvalue weighted by molar-refractivity contribution is 5.80. The molecule has 3 aromatic rings. The van der Waals surface area contributed by atoms with Crippen LogP contribution in [-0.4, -0.2) is 34.6 Å². The number of fused-ring (bicyclic) bond motifs is 1. The van der Waals surface area contributed by atoms with Crippen molar-refractivity contribution in [2.75, 3.05) is 18.0 Å². The standard InChI is InChI=1S/C27H32N4O2/c1-19-12-14-20(15-13-19)17-31-24-11-5-4-10-23(24)29-25(27(31)33)30-16-6-7-21(18-30)26(32)28-22-8-2-3-9-22/h4-5,10-15,21-22H,2-3,6-9,16-18H2,1H3,(H,28,32)/t21-/m1/s1. The molecule has 6 heteroatoms. The van der Waals surface area contributed by atoms with Gasteiger partial charge in [-0.05, 0) is 50.3 Å². The predicted molar refractivity (Wildman–Crippen MR) is 132 cm³/mol. The highest BCUT2D eigenvalue weighted by atomic mass is 16.2. The number of aromatic nitrogens is 2. The number of para-hydroxylation sites is 2. The molecule has 0 radical (unpaired) electrons. The summed E-state index contributed by atoms with van der Waals surface area (Å²) in [6, 6.07) is 16.4. The van der Waals surface area contributed by atoms with Gasteiger partial charge in [0.2, 0.25) is 5.91 Å².